The number of hydrogen-bond acceptors (Lipinski definition) is 3. The number of aliphatic hydroxyl groups is 1. The van der Waals surface area contributed by atoms with Crippen molar-refractivity contribution in [3.05, 3.63) is 18.2 Å². The third-order valence-corrected chi connectivity index (χ3v) is 1.79. The van der Waals surface area contributed by atoms with Gasteiger partial charge >= 0.3 is 0 Å². The maximum absolute atomic E-state index is 8.92. The monoisotopic (exact) mass is 170 g/mol. The van der Waals surface area contributed by atoms with Crippen molar-refractivity contribution in [2.45, 2.75) is 19.6 Å². The molecule has 0 saturated carbocycles. The smallest absolute Gasteiger partial charge is 0.0952 e. The summed E-state index contributed by atoms with van der Waals surface area (Å²) in [6.07, 6.45) is 3.36. The van der Waals surface area contributed by atoms with Gasteiger partial charge in [-0.15, -0.1) is 0 Å². The van der Waals surface area contributed by atoms with Gasteiger partial charge in [-0.05, 0) is 6.92 Å². The number of imidazole rings is 1. The summed E-state index contributed by atoms with van der Waals surface area (Å²) in [5, 5.41) is 8.92. The highest BCUT2D eigenvalue weighted by Gasteiger charge is 2.07. The zero-order valence-electron chi connectivity index (χ0n) is 7.40. The number of aromatic nitrogens is 2. The molecule has 1 unspecified atom stereocenters. The van der Waals surface area contributed by atoms with Crippen molar-refractivity contribution in [3.8, 4) is 0 Å². The molecule has 0 fully saturated rings. The minimum atomic E-state index is 0.0219. The molecule has 1 heterocycles. The van der Waals surface area contributed by atoms with Crippen LogP contribution in [0.5, 0.6) is 0 Å². The Labute approximate surface area is 71.8 Å². The van der Waals surface area contributed by atoms with Gasteiger partial charge in [0, 0.05) is 7.11 Å². The summed E-state index contributed by atoms with van der Waals surface area (Å²) >= 11 is 0. The summed E-state index contributed by atoms with van der Waals surface area (Å²) in [6.45, 7) is 2.67. The molecule has 4 nitrogen and oxygen atoms in total. The number of rotatable bonds is 4. The fourth-order valence-electron chi connectivity index (χ4n) is 1.17. The molecule has 0 saturated heterocycles. The Kier molecular flexibility index (Phi) is 3.25. The van der Waals surface area contributed by atoms with Crippen molar-refractivity contribution in [2.24, 2.45) is 0 Å². The summed E-state index contributed by atoms with van der Waals surface area (Å²) in [7, 11) is 1.66. The van der Waals surface area contributed by atoms with Gasteiger partial charge in [0.05, 0.1) is 37.5 Å². The van der Waals surface area contributed by atoms with E-state index in [1.54, 1.807) is 19.6 Å². The van der Waals surface area contributed by atoms with Crippen molar-refractivity contribution in [1.29, 1.82) is 0 Å². The summed E-state index contributed by atoms with van der Waals surface area (Å²) in [5.41, 5.74) is 0.819. The summed E-state index contributed by atoms with van der Waals surface area (Å²) in [5.74, 6) is 0. The highest BCUT2D eigenvalue weighted by molar-refractivity contribution is 4.97. The molecule has 12 heavy (non-hydrogen) atoms. The summed E-state index contributed by atoms with van der Waals surface area (Å²) in [4.78, 5) is 3.94. The second-order valence-corrected chi connectivity index (χ2v) is 2.75. The van der Waals surface area contributed by atoms with Crippen molar-refractivity contribution in [2.75, 3.05) is 13.7 Å². The average molecular weight is 170 g/mol. The molecule has 0 spiro atoms. The van der Waals surface area contributed by atoms with Crippen LogP contribution in [0.15, 0.2) is 12.5 Å². The molecule has 0 bridgehead atoms. The van der Waals surface area contributed by atoms with Crippen molar-refractivity contribution < 1.29 is 9.84 Å². The van der Waals surface area contributed by atoms with Crippen LogP contribution in [0, 0.1) is 0 Å². The average Bonchev–Trinajstić information content (AvgIpc) is 2.51. The first-order chi connectivity index (χ1) is 5.79. The van der Waals surface area contributed by atoms with E-state index >= 15 is 0 Å². The predicted octanol–water partition coefficient (Wildman–Crippen LogP) is 0.583. The maximum atomic E-state index is 8.92. The van der Waals surface area contributed by atoms with E-state index in [0.29, 0.717) is 6.61 Å². The van der Waals surface area contributed by atoms with Gasteiger partial charge in [0.1, 0.15) is 0 Å². The van der Waals surface area contributed by atoms with E-state index in [4.69, 9.17) is 9.84 Å². The second kappa shape index (κ2) is 4.23. The number of ether oxygens (including phenoxy) is 1. The van der Waals surface area contributed by atoms with Gasteiger partial charge in [-0.3, -0.25) is 0 Å². The first-order valence-corrected chi connectivity index (χ1v) is 3.90. The molecule has 0 amide bonds. The Balaban J connectivity index is 2.71. The van der Waals surface area contributed by atoms with Crippen molar-refractivity contribution >= 4 is 0 Å². The Hall–Kier alpha value is -0.870. The second-order valence-electron chi connectivity index (χ2n) is 2.75. The Bertz CT molecular complexity index is 235. The van der Waals surface area contributed by atoms with Gasteiger partial charge in [-0.2, -0.15) is 0 Å². The zero-order chi connectivity index (χ0) is 8.97. The molecule has 1 aromatic rings. The van der Waals surface area contributed by atoms with Crippen LogP contribution < -0.4 is 0 Å². The van der Waals surface area contributed by atoms with Crippen LogP contribution in [-0.2, 0) is 11.3 Å². The van der Waals surface area contributed by atoms with E-state index < -0.39 is 0 Å². The third kappa shape index (κ3) is 1.84. The highest BCUT2D eigenvalue weighted by atomic mass is 16.5. The largest absolute Gasteiger partial charge is 0.390 e. The number of methoxy groups -OCH3 is 1. The molecule has 4 heteroatoms. The Morgan fingerprint density at radius 2 is 2.50 bits per heavy atom. The van der Waals surface area contributed by atoms with Crippen LogP contribution >= 0.6 is 0 Å². The quantitative estimate of drug-likeness (QED) is 0.719. The van der Waals surface area contributed by atoms with Crippen LogP contribution in [0.4, 0.5) is 0 Å². The molecule has 1 atom stereocenters. The molecular weight excluding hydrogens is 156 g/mol. The van der Waals surface area contributed by atoms with E-state index in [1.165, 1.54) is 0 Å². The van der Waals surface area contributed by atoms with Crippen LogP contribution in [-0.4, -0.2) is 28.4 Å². The normalized spacial score (nSPS) is 13.2. The van der Waals surface area contributed by atoms with E-state index in [9.17, 15) is 0 Å². The fourth-order valence-corrected chi connectivity index (χ4v) is 1.17. The number of nitrogens with zero attached hydrogens (tertiary/aromatic N) is 2. The van der Waals surface area contributed by atoms with Crippen molar-refractivity contribution in [3.63, 3.8) is 0 Å². The van der Waals surface area contributed by atoms with E-state index in [0.717, 1.165) is 5.69 Å². The summed E-state index contributed by atoms with van der Waals surface area (Å²) < 4.78 is 6.90. The van der Waals surface area contributed by atoms with Gasteiger partial charge in [0.25, 0.3) is 0 Å². The van der Waals surface area contributed by atoms with Crippen LogP contribution in [0.3, 0.4) is 0 Å². The predicted molar refractivity (Wildman–Crippen MR) is 44.7 cm³/mol. The SMILES string of the molecule is COCC(C)n1cncc1CO. The van der Waals surface area contributed by atoms with Crippen molar-refractivity contribution in [1.82, 2.24) is 9.55 Å². The molecule has 0 aliphatic rings. The fraction of sp³-hybridized carbons (Fsp3) is 0.625. The third-order valence-electron chi connectivity index (χ3n) is 1.79. The maximum Gasteiger partial charge on any atom is 0.0952 e. The lowest BCUT2D eigenvalue weighted by Gasteiger charge is -2.14. The lowest BCUT2D eigenvalue weighted by Crippen LogP contribution is -2.12. The van der Waals surface area contributed by atoms with E-state index in [1.807, 2.05) is 11.5 Å². The minimum absolute atomic E-state index is 0.0219. The summed E-state index contributed by atoms with van der Waals surface area (Å²) in [6, 6.07) is 0.222. The molecule has 0 aliphatic heterocycles. The standard InChI is InChI=1S/C8H14N2O2/c1-7(5-12-2)10-6-9-3-8(10)4-11/h3,6-7,11H,4-5H2,1-2H3. The topological polar surface area (TPSA) is 47.3 Å². The highest BCUT2D eigenvalue weighted by Crippen LogP contribution is 2.09. The molecule has 1 rings (SSSR count). The first-order valence-electron chi connectivity index (χ1n) is 3.90. The molecule has 0 radical (unpaired) electrons. The molecule has 0 aromatic carbocycles. The first kappa shape index (κ1) is 9.22. The van der Waals surface area contributed by atoms with Crippen LogP contribution in [0.2, 0.25) is 0 Å². The molecule has 68 valence electrons. The van der Waals surface area contributed by atoms with Gasteiger partial charge in [-0.1, -0.05) is 0 Å². The van der Waals surface area contributed by atoms with Gasteiger partial charge in [0.15, 0.2) is 0 Å². The number of hydrogen-bond donors (Lipinski definition) is 1. The lowest BCUT2D eigenvalue weighted by atomic mass is 10.3. The minimum Gasteiger partial charge on any atom is -0.390 e. The zero-order valence-corrected chi connectivity index (χ0v) is 7.40. The molecule has 1 aromatic heterocycles. The molecule has 1 N–H and O–H groups in total. The van der Waals surface area contributed by atoms with Gasteiger partial charge < -0.3 is 14.4 Å². The van der Waals surface area contributed by atoms with E-state index in [-0.39, 0.29) is 12.6 Å². The number of aliphatic hydroxyl groups excluding tert-OH is 1. The van der Waals surface area contributed by atoms with Gasteiger partial charge in [-0.25, -0.2) is 4.98 Å². The van der Waals surface area contributed by atoms with Gasteiger partial charge in [0.2, 0.25) is 0 Å². The lowest BCUT2D eigenvalue weighted by molar-refractivity contribution is 0.157. The van der Waals surface area contributed by atoms with Crippen LogP contribution in [0.25, 0.3) is 0 Å². The molecular formula is C8H14N2O2. The Morgan fingerprint density at radius 3 is 3.08 bits per heavy atom. The van der Waals surface area contributed by atoms with Crippen LogP contribution in [0.1, 0.15) is 18.7 Å². The molecule has 0 aliphatic carbocycles. The Morgan fingerprint density at radius 1 is 1.75 bits per heavy atom. The van der Waals surface area contributed by atoms with E-state index in [2.05, 4.69) is 4.98 Å².